The molecule has 2 aromatic carbocycles. The normalized spacial score (nSPS) is 18.5. The largest absolute Gasteiger partial charge is 0.465 e. The molecule has 4 aromatic rings. The maximum Gasteiger partial charge on any atom is 0.407 e. The van der Waals surface area contributed by atoms with Gasteiger partial charge in [0.25, 0.3) is 0 Å². The third kappa shape index (κ3) is 8.31. The fraction of sp³-hybridized carbons (Fsp3) is 0.487. The van der Waals surface area contributed by atoms with E-state index in [4.69, 9.17) is 9.72 Å². The molecular weight excluding hydrogens is 676 g/mol. The summed E-state index contributed by atoms with van der Waals surface area (Å²) in [4.78, 5) is 70.1. The first kappa shape index (κ1) is 37.4. The maximum atomic E-state index is 13.6. The van der Waals surface area contributed by atoms with Crippen LogP contribution in [-0.4, -0.2) is 91.1 Å². The number of aromatic nitrogens is 4. The molecule has 4 heterocycles. The highest BCUT2D eigenvalue weighted by Gasteiger charge is 2.39. The molecule has 282 valence electrons. The van der Waals surface area contributed by atoms with Gasteiger partial charge in [0, 0.05) is 25.0 Å². The van der Waals surface area contributed by atoms with Crippen molar-refractivity contribution in [3.8, 4) is 11.1 Å². The molecule has 14 nitrogen and oxygen atoms in total. The van der Waals surface area contributed by atoms with E-state index in [9.17, 15) is 24.3 Å². The molecule has 0 unspecified atom stereocenters. The van der Waals surface area contributed by atoms with Gasteiger partial charge in [-0.1, -0.05) is 58.0 Å². The molecule has 0 radical (unpaired) electrons. The van der Waals surface area contributed by atoms with Crippen LogP contribution in [0.4, 0.5) is 9.59 Å². The van der Waals surface area contributed by atoms with E-state index in [0.717, 1.165) is 78.0 Å². The summed E-state index contributed by atoms with van der Waals surface area (Å²) in [7, 11) is 1.29. The van der Waals surface area contributed by atoms with Crippen molar-refractivity contribution in [3.63, 3.8) is 0 Å². The minimum Gasteiger partial charge on any atom is -0.465 e. The van der Waals surface area contributed by atoms with Crippen molar-refractivity contribution < 1.29 is 29.0 Å². The van der Waals surface area contributed by atoms with Crippen LogP contribution >= 0.6 is 0 Å². The van der Waals surface area contributed by atoms with E-state index >= 15 is 0 Å². The summed E-state index contributed by atoms with van der Waals surface area (Å²) in [5, 5.41) is 14.3. The topological polar surface area (TPSA) is 186 Å². The van der Waals surface area contributed by atoms with Crippen LogP contribution in [0.15, 0.2) is 48.7 Å². The lowest BCUT2D eigenvalue weighted by Gasteiger charge is -2.29. The first-order valence-electron chi connectivity index (χ1n) is 18.5. The van der Waals surface area contributed by atoms with Crippen molar-refractivity contribution in [2.45, 2.75) is 90.4 Å². The summed E-state index contributed by atoms with van der Waals surface area (Å²) in [6.07, 6.45) is 4.80. The summed E-state index contributed by atoms with van der Waals surface area (Å²) in [5.41, 5.74) is 6.00. The molecule has 2 aliphatic heterocycles. The zero-order valence-corrected chi connectivity index (χ0v) is 31.0. The zero-order chi connectivity index (χ0) is 37.8. The van der Waals surface area contributed by atoms with Crippen LogP contribution in [-0.2, 0) is 27.2 Å². The number of methoxy groups -OCH3 is 1. The van der Waals surface area contributed by atoms with Crippen molar-refractivity contribution in [2.75, 3.05) is 20.2 Å². The molecule has 2 aliphatic rings. The molecule has 14 heteroatoms. The van der Waals surface area contributed by atoms with Gasteiger partial charge in [0.2, 0.25) is 11.8 Å². The number of benzene rings is 2. The molecule has 4 amide bonds. The van der Waals surface area contributed by atoms with E-state index < -0.39 is 24.3 Å². The second-order valence-electron chi connectivity index (χ2n) is 14.8. The van der Waals surface area contributed by atoms with Crippen molar-refractivity contribution in [3.05, 3.63) is 71.6 Å². The summed E-state index contributed by atoms with van der Waals surface area (Å²) >= 11 is 0. The van der Waals surface area contributed by atoms with Gasteiger partial charge in [-0.3, -0.25) is 9.59 Å². The van der Waals surface area contributed by atoms with Crippen LogP contribution in [0.3, 0.4) is 0 Å². The number of hydrogen-bond acceptors (Lipinski definition) is 7. The third-order valence-corrected chi connectivity index (χ3v) is 10.4. The number of nitrogens with one attached hydrogen (secondary N) is 4. The molecule has 0 spiro atoms. The third-order valence-electron chi connectivity index (χ3n) is 10.4. The van der Waals surface area contributed by atoms with Crippen LogP contribution in [0.1, 0.15) is 88.4 Å². The smallest absolute Gasteiger partial charge is 0.407 e. The van der Waals surface area contributed by atoms with Crippen molar-refractivity contribution in [2.24, 2.45) is 11.8 Å². The predicted octanol–water partition coefficient (Wildman–Crippen LogP) is 5.74. The van der Waals surface area contributed by atoms with E-state index in [1.807, 2.05) is 44.9 Å². The number of carbonyl (C=O) groups is 4. The summed E-state index contributed by atoms with van der Waals surface area (Å²) < 4.78 is 4.76. The second kappa shape index (κ2) is 16.1. The molecule has 2 fully saturated rings. The fourth-order valence-corrected chi connectivity index (χ4v) is 7.52. The summed E-state index contributed by atoms with van der Waals surface area (Å²) in [6.45, 7) is 8.64. The number of hydrogen-bond donors (Lipinski definition) is 5. The van der Waals surface area contributed by atoms with Crippen molar-refractivity contribution in [1.82, 2.24) is 40.4 Å². The van der Waals surface area contributed by atoms with E-state index in [1.54, 1.807) is 4.90 Å². The number of nitrogens with zero attached hydrogens (tertiary/aromatic N) is 4. The zero-order valence-electron chi connectivity index (χ0n) is 31.0. The Kier molecular flexibility index (Phi) is 11.3. The van der Waals surface area contributed by atoms with Gasteiger partial charge in [0.1, 0.15) is 23.7 Å². The van der Waals surface area contributed by atoms with E-state index in [1.165, 1.54) is 12.7 Å². The minimum atomic E-state index is -1.20. The highest BCUT2D eigenvalue weighted by Crippen LogP contribution is 2.34. The average Bonchev–Trinajstić information content (AvgIpc) is 3.97. The Hall–Kier alpha value is -5.40. The number of carboxylic acid groups (broad SMARTS) is 1. The lowest BCUT2D eigenvalue weighted by molar-refractivity contribution is -0.136. The molecule has 53 heavy (non-hydrogen) atoms. The monoisotopic (exact) mass is 726 g/mol. The Morgan fingerprint density at radius 2 is 1.43 bits per heavy atom. The molecule has 4 atom stereocenters. The number of aromatic amines is 2. The number of amides is 4. The second-order valence-corrected chi connectivity index (χ2v) is 14.8. The summed E-state index contributed by atoms with van der Waals surface area (Å²) in [5.74, 6) is 0.846. The number of alkyl carbamates (subject to hydrolysis) is 1. The molecule has 0 bridgehead atoms. The van der Waals surface area contributed by atoms with Gasteiger partial charge in [-0.25, -0.2) is 19.6 Å². The number of likely N-dealkylation sites (tertiary alicyclic amines) is 2. The Balaban J connectivity index is 1.08. The van der Waals surface area contributed by atoms with Crippen molar-refractivity contribution in [1.29, 1.82) is 0 Å². The Labute approximate surface area is 309 Å². The Morgan fingerprint density at radius 3 is 2.04 bits per heavy atom. The molecule has 0 aliphatic carbocycles. The van der Waals surface area contributed by atoms with Gasteiger partial charge in [-0.2, -0.15) is 0 Å². The highest BCUT2D eigenvalue weighted by molar-refractivity contribution is 5.87. The van der Waals surface area contributed by atoms with Gasteiger partial charge in [0.15, 0.2) is 0 Å². The lowest BCUT2D eigenvalue weighted by Crippen LogP contribution is -2.51. The van der Waals surface area contributed by atoms with Gasteiger partial charge < -0.3 is 40.2 Å². The number of rotatable bonds is 12. The predicted molar refractivity (Wildman–Crippen MR) is 199 cm³/mol. The lowest BCUT2D eigenvalue weighted by atomic mass is 10.0. The molecular formula is C39H50N8O6. The minimum absolute atomic E-state index is 0.104. The molecule has 6 rings (SSSR count). The van der Waals surface area contributed by atoms with E-state index in [-0.39, 0.29) is 35.7 Å². The number of H-pyrrole nitrogens is 2. The Morgan fingerprint density at radius 1 is 0.830 bits per heavy atom. The van der Waals surface area contributed by atoms with E-state index in [0.29, 0.717) is 13.1 Å². The first-order chi connectivity index (χ1) is 25.4. The first-order valence-corrected chi connectivity index (χ1v) is 18.5. The van der Waals surface area contributed by atoms with Gasteiger partial charge in [-0.05, 0) is 79.2 Å². The number of ether oxygens (including phenoxy) is 1. The van der Waals surface area contributed by atoms with Gasteiger partial charge in [-0.15, -0.1) is 0 Å². The Bertz CT molecular complexity index is 1940. The van der Waals surface area contributed by atoms with Crippen LogP contribution in [0.5, 0.6) is 0 Å². The highest BCUT2D eigenvalue weighted by atomic mass is 16.5. The quantitative estimate of drug-likeness (QED) is 0.122. The SMILES string of the molecule is COC(=O)N[C@H](C(=O)N1CCC[C@H]1c1nc2ccc(-c3ccc(CCc4cnc([C@@H]5CCCN5C(=O)[C@@H](NC(=O)O)C(C)C)[nH]4)cc3)cc2[nH]1)C(C)C. The molecule has 2 saturated heterocycles. The maximum absolute atomic E-state index is 13.6. The molecule has 5 N–H and O–H groups in total. The van der Waals surface area contributed by atoms with Crippen molar-refractivity contribution >= 4 is 35.0 Å². The van der Waals surface area contributed by atoms with Crippen LogP contribution in [0.2, 0.25) is 0 Å². The van der Waals surface area contributed by atoms with Crippen LogP contribution < -0.4 is 10.6 Å². The number of carbonyl (C=O) groups excluding carboxylic acids is 3. The van der Waals surface area contributed by atoms with E-state index in [2.05, 4.69) is 62.0 Å². The van der Waals surface area contributed by atoms with Crippen LogP contribution in [0.25, 0.3) is 22.2 Å². The number of fused-ring (bicyclic) bond motifs is 1. The van der Waals surface area contributed by atoms with Crippen LogP contribution in [0, 0.1) is 11.8 Å². The standard InChI is InChI=1S/C39H50N8O6/c1-22(2)32(44-38(50)51)36(48)46-18-6-8-30(46)34-40-21-27(41-34)16-12-24-10-13-25(14-11-24)26-15-17-28-29(20-26)43-35(42-28)31-9-7-19-47(31)37(49)33(23(3)4)45-39(52)53-5/h10-11,13-15,17,20-23,30-33,44H,6-9,12,16,18-19H2,1-5H3,(H,40,41)(H,42,43)(H,45,52)(H,50,51)/t30-,31-,32-,33-/m0/s1. The molecule has 0 saturated carbocycles. The fourth-order valence-electron chi connectivity index (χ4n) is 7.52. The molecule has 2 aromatic heterocycles. The summed E-state index contributed by atoms with van der Waals surface area (Å²) in [6, 6.07) is 12.7. The van der Waals surface area contributed by atoms with Gasteiger partial charge >= 0.3 is 12.2 Å². The number of aryl methyl sites for hydroxylation is 2. The number of imidazole rings is 2. The van der Waals surface area contributed by atoms with Gasteiger partial charge in [0.05, 0.1) is 30.2 Å². The average molecular weight is 727 g/mol.